The number of ether oxygens (including phenoxy) is 1. The predicted octanol–water partition coefficient (Wildman–Crippen LogP) is 1.93. The molecule has 1 aromatic rings. The number of halogens is 1. The van der Waals surface area contributed by atoms with Crippen LogP contribution < -0.4 is 10.6 Å². The van der Waals surface area contributed by atoms with Crippen LogP contribution >= 0.6 is 22.6 Å². The molecule has 6 nitrogen and oxygen atoms in total. The summed E-state index contributed by atoms with van der Waals surface area (Å²) in [6.45, 7) is 3.83. The van der Waals surface area contributed by atoms with E-state index in [1.165, 1.54) is 0 Å². The highest BCUT2D eigenvalue weighted by atomic mass is 127. The molecule has 0 aliphatic carbocycles. The SMILES string of the molecule is CC(C)CNC(=O)NC(=O)COC(=O)c1ccc(I)cc1. The summed E-state index contributed by atoms with van der Waals surface area (Å²) in [5.74, 6) is -0.996. The largest absolute Gasteiger partial charge is 0.452 e. The third-order valence-corrected chi connectivity index (χ3v) is 3.06. The quantitative estimate of drug-likeness (QED) is 0.581. The Labute approximate surface area is 136 Å². The molecule has 0 saturated carbocycles. The van der Waals surface area contributed by atoms with Crippen molar-refractivity contribution >= 4 is 40.5 Å². The summed E-state index contributed by atoms with van der Waals surface area (Å²) in [6, 6.07) is 6.14. The van der Waals surface area contributed by atoms with Crippen LogP contribution in [0, 0.1) is 9.49 Å². The van der Waals surface area contributed by atoms with Gasteiger partial charge in [-0.15, -0.1) is 0 Å². The molecular formula is C14H17IN2O4. The Balaban J connectivity index is 2.34. The van der Waals surface area contributed by atoms with E-state index in [2.05, 4.69) is 33.2 Å². The molecule has 0 bridgehead atoms. The summed E-state index contributed by atoms with van der Waals surface area (Å²) in [4.78, 5) is 34.4. The second kappa shape index (κ2) is 8.60. The van der Waals surface area contributed by atoms with Gasteiger partial charge in [0.25, 0.3) is 5.91 Å². The van der Waals surface area contributed by atoms with E-state index in [9.17, 15) is 14.4 Å². The van der Waals surface area contributed by atoms with Crippen molar-refractivity contribution in [2.45, 2.75) is 13.8 Å². The van der Waals surface area contributed by atoms with Crippen LogP contribution in [0.15, 0.2) is 24.3 Å². The highest BCUT2D eigenvalue weighted by molar-refractivity contribution is 14.1. The Kier molecular flexibility index (Phi) is 7.13. The highest BCUT2D eigenvalue weighted by Crippen LogP contribution is 2.07. The van der Waals surface area contributed by atoms with E-state index in [1.54, 1.807) is 24.3 Å². The number of benzene rings is 1. The lowest BCUT2D eigenvalue weighted by Gasteiger charge is -2.09. The standard InChI is InChI=1S/C14H17IN2O4/c1-9(2)7-16-14(20)17-12(18)8-21-13(19)10-3-5-11(15)6-4-10/h3-6,9H,7-8H2,1-2H3,(H2,16,17,18,20). The summed E-state index contributed by atoms with van der Waals surface area (Å²) in [7, 11) is 0. The zero-order valence-electron chi connectivity index (χ0n) is 11.8. The Morgan fingerprint density at radius 2 is 1.81 bits per heavy atom. The fourth-order valence-corrected chi connectivity index (χ4v) is 1.66. The number of hydrogen-bond donors (Lipinski definition) is 2. The number of hydrogen-bond acceptors (Lipinski definition) is 4. The van der Waals surface area contributed by atoms with Crippen molar-refractivity contribution in [1.29, 1.82) is 0 Å². The van der Waals surface area contributed by atoms with Crippen molar-refractivity contribution in [1.82, 2.24) is 10.6 Å². The van der Waals surface area contributed by atoms with Crippen LogP contribution in [0.5, 0.6) is 0 Å². The van der Waals surface area contributed by atoms with E-state index in [-0.39, 0.29) is 5.92 Å². The second-order valence-corrected chi connectivity index (χ2v) is 5.98. The van der Waals surface area contributed by atoms with Gasteiger partial charge < -0.3 is 10.1 Å². The van der Waals surface area contributed by atoms with Gasteiger partial charge in [0.1, 0.15) is 0 Å². The molecule has 0 radical (unpaired) electrons. The molecule has 0 aromatic heterocycles. The minimum Gasteiger partial charge on any atom is -0.452 e. The first-order valence-corrected chi connectivity index (χ1v) is 7.46. The molecule has 1 aromatic carbocycles. The van der Waals surface area contributed by atoms with Crippen LogP contribution in [0.25, 0.3) is 0 Å². The van der Waals surface area contributed by atoms with E-state index < -0.39 is 24.5 Å². The van der Waals surface area contributed by atoms with Gasteiger partial charge in [0, 0.05) is 10.1 Å². The van der Waals surface area contributed by atoms with Gasteiger partial charge in [-0.3, -0.25) is 10.1 Å². The lowest BCUT2D eigenvalue weighted by atomic mass is 10.2. The average molecular weight is 404 g/mol. The molecule has 0 saturated heterocycles. The maximum atomic E-state index is 11.7. The number of carbonyl (C=O) groups excluding carboxylic acids is 3. The van der Waals surface area contributed by atoms with Gasteiger partial charge in [0.15, 0.2) is 6.61 Å². The van der Waals surface area contributed by atoms with Gasteiger partial charge in [-0.1, -0.05) is 13.8 Å². The number of esters is 1. The van der Waals surface area contributed by atoms with Crippen molar-refractivity contribution in [2.24, 2.45) is 5.92 Å². The topological polar surface area (TPSA) is 84.5 Å². The number of rotatable bonds is 5. The first kappa shape index (κ1) is 17.4. The van der Waals surface area contributed by atoms with Crippen LogP contribution in [-0.4, -0.2) is 31.1 Å². The normalized spacial score (nSPS) is 10.1. The van der Waals surface area contributed by atoms with Gasteiger partial charge >= 0.3 is 12.0 Å². The Morgan fingerprint density at radius 3 is 2.38 bits per heavy atom. The average Bonchev–Trinajstić information content (AvgIpc) is 2.43. The molecule has 21 heavy (non-hydrogen) atoms. The molecule has 1 rings (SSSR count). The third kappa shape index (κ3) is 7.07. The predicted molar refractivity (Wildman–Crippen MR) is 85.8 cm³/mol. The third-order valence-electron chi connectivity index (χ3n) is 2.34. The number of urea groups is 1. The van der Waals surface area contributed by atoms with E-state index in [4.69, 9.17) is 4.74 Å². The van der Waals surface area contributed by atoms with Gasteiger partial charge in [0.05, 0.1) is 5.56 Å². The number of nitrogens with one attached hydrogen (secondary N) is 2. The first-order valence-electron chi connectivity index (χ1n) is 6.39. The molecule has 0 aliphatic rings. The van der Waals surface area contributed by atoms with Crippen LogP contribution in [0.1, 0.15) is 24.2 Å². The fraction of sp³-hybridized carbons (Fsp3) is 0.357. The van der Waals surface area contributed by atoms with Crippen LogP contribution in [-0.2, 0) is 9.53 Å². The molecule has 0 atom stereocenters. The molecule has 0 heterocycles. The summed E-state index contributed by atoms with van der Waals surface area (Å²) >= 11 is 2.12. The zero-order valence-corrected chi connectivity index (χ0v) is 14.0. The molecule has 0 unspecified atom stereocenters. The van der Waals surface area contributed by atoms with Crippen molar-refractivity contribution in [3.05, 3.63) is 33.4 Å². The van der Waals surface area contributed by atoms with Crippen LogP contribution in [0.4, 0.5) is 4.79 Å². The lowest BCUT2D eigenvalue weighted by Crippen LogP contribution is -2.42. The maximum absolute atomic E-state index is 11.7. The summed E-state index contributed by atoms with van der Waals surface area (Å²) in [5, 5.41) is 4.61. The van der Waals surface area contributed by atoms with Gasteiger partial charge in [-0.2, -0.15) is 0 Å². The zero-order chi connectivity index (χ0) is 15.8. The maximum Gasteiger partial charge on any atom is 0.338 e. The molecule has 3 amide bonds. The minimum atomic E-state index is -0.671. The Hall–Kier alpha value is -1.64. The van der Waals surface area contributed by atoms with Crippen molar-refractivity contribution in [3.63, 3.8) is 0 Å². The molecule has 2 N–H and O–H groups in total. The van der Waals surface area contributed by atoms with E-state index >= 15 is 0 Å². The number of amides is 3. The smallest absolute Gasteiger partial charge is 0.338 e. The van der Waals surface area contributed by atoms with Crippen molar-refractivity contribution in [3.8, 4) is 0 Å². The monoisotopic (exact) mass is 404 g/mol. The Bertz CT molecular complexity index is 514. The summed E-state index contributed by atoms with van der Waals surface area (Å²) in [6.07, 6.45) is 0. The number of carbonyl (C=O) groups is 3. The highest BCUT2D eigenvalue weighted by Gasteiger charge is 2.12. The summed E-state index contributed by atoms with van der Waals surface area (Å²) < 4.78 is 5.81. The van der Waals surface area contributed by atoms with Crippen LogP contribution in [0.3, 0.4) is 0 Å². The van der Waals surface area contributed by atoms with E-state index in [0.717, 1.165) is 3.57 Å². The van der Waals surface area contributed by atoms with E-state index in [0.29, 0.717) is 12.1 Å². The van der Waals surface area contributed by atoms with Gasteiger partial charge in [-0.05, 0) is 52.8 Å². The molecule has 114 valence electrons. The second-order valence-electron chi connectivity index (χ2n) is 4.74. The molecule has 0 fully saturated rings. The molecule has 0 aliphatic heterocycles. The molecule has 0 spiro atoms. The molecule has 7 heteroatoms. The fourth-order valence-electron chi connectivity index (χ4n) is 1.30. The first-order chi connectivity index (χ1) is 9.88. The number of imide groups is 1. The van der Waals surface area contributed by atoms with Gasteiger partial charge in [-0.25, -0.2) is 9.59 Å². The van der Waals surface area contributed by atoms with Crippen molar-refractivity contribution < 1.29 is 19.1 Å². The van der Waals surface area contributed by atoms with Crippen LogP contribution in [0.2, 0.25) is 0 Å². The molecular weight excluding hydrogens is 387 g/mol. The minimum absolute atomic E-state index is 0.282. The van der Waals surface area contributed by atoms with E-state index in [1.807, 2.05) is 13.8 Å². The lowest BCUT2D eigenvalue weighted by molar-refractivity contribution is -0.123. The van der Waals surface area contributed by atoms with Gasteiger partial charge in [0.2, 0.25) is 0 Å². The Morgan fingerprint density at radius 1 is 1.19 bits per heavy atom. The van der Waals surface area contributed by atoms with Crippen molar-refractivity contribution in [2.75, 3.05) is 13.2 Å². The summed E-state index contributed by atoms with van der Waals surface area (Å²) in [5.41, 5.74) is 0.354.